The minimum Gasteiger partial charge on any atom is 0 e. The maximum atomic E-state index is 12.3. The predicted octanol–water partition coefficient (Wildman–Crippen LogP) is 7.25. The van der Waals surface area contributed by atoms with E-state index < -0.39 is 8.00 Å². The minimum atomic E-state index is -8.03. The Hall–Kier alpha value is -1.57. The van der Waals surface area contributed by atoms with Crippen LogP contribution >= 0.6 is 8.00 Å². The fourth-order valence-corrected chi connectivity index (χ4v) is 1.94. The first-order chi connectivity index (χ1) is 11.0. The Labute approximate surface area is 136 Å². The van der Waals surface area contributed by atoms with Gasteiger partial charge >= 0.3 is 127 Å². The van der Waals surface area contributed by atoms with Crippen LogP contribution in [-0.4, -0.2) is 20.2 Å². The Morgan fingerprint density at radius 3 is 2.04 bits per heavy atom. The molecule has 0 saturated carbocycles. The van der Waals surface area contributed by atoms with Crippen molar-refractivity contribution in [2.45, 2.75) is 32.8 Å². The fraction of sp³-hybridized carbons (Fsp3) is 0.538. The molecule has 24 heavy (non-hydrogen) atoms. The zero-order valence-corrected chi connectivity index (χ0v) is 14.6. The molecule has 0 radical (unpaired) electrons. The van der Waals surface area contributed by atoms with E-state index in [2.05, 4.69) is 5.11 Å². The van der Waals surface area contributed by atoms with Crippen LogP contribution in [0.25, 0.3) is 0 Å². The first-order valence-electron chi connectivity index (χ1n) is 6.97. The summed E-state index contributed by atoms with van der Waals surface area (Å²) in [4.78, 5) is 3.72. The van der Waals surface area contributed by atoms with Gasteiger partial charge in [0.15, 0.2) is 0 Å². The number of rotatable bonds is 7. The van der Waals surface area contributed by atoms with Crippen LogP contribution in [0.15, 0.2) is 28.2 Å². The number of anilines is 1. The van der Waals surface area contributed by atoms with Crippen molar-refractivity contribution in [2.75, 3.05) is 19.0 Å². The number of nitrogens with zero attached hydrogens (tertiary/aromatic N) is 3. The van der Waals surface area contributed by atoms with Gasteiger partial charge in [-0.1, -0.05) is 0 Å². The Kier molecular flexibility index (Phi) is 8.46. The summed E-state index contributed by atoms with van der Waals surface area (Å²) in [5.41, 5.74) is 0.593. The van der Waals surface area contributed by atoms with Crippen molar-refractivity contribution in [3.63, 3.8) is 0 Å². The summed E-state index contributed by atoms with van der Waals surface area (Å²) in [6, 6.07) is 4.46. The molecule has 0 unspecified atom stereocenters. The Morgan fingerprint density at radius 1 is 1.08 bits per heavy atom. The summed E-state index contributed by atoms with van der Waals surface area (Å²) in [5.74, 6) is 0.157. The van der Waals surface area contributed by atoms with E-state index in [4.69, 9.17) is 13.9 Å². The van der Waals surface area contributed by atoms with E-state index in [1.807, 2.05) is 18.7 Å². The standard InChI is InChI=1S/C13H20F4N3OP.F2/c1-5-11(6-2)21-13-9-10(20(3)4)7-8-12(13)18-19-22(14,15,16)17;1-2/h7-9,11H,5-6H2,1-4H3;. The van der Waals surface area contributed by atoms with E-state index in [1.165, 1.54) is 6.07 Å². The third-order valence-corrected chi connectivity index (χ3v) is 3.31. The van der Waals surface area contributed by atoms with Crippen LogP contribution < -0.4 is 9.64 Å². The number of hydrogen-bond acceptors (Lipinski definition) is 4. The van der Waals surface area contributed by atoms with E-state index in [1.54, 1.807) is 31.1 Å². The summed E-state index contributed by atoms with van der Waals surface area (Å²) in [6.45, 7) is 3.81. The summed E-state index contributed by atoms with van der Waals surface area (Å²) in [6.07, 6.45) is 1.22. The molecule has 0 aliphatic carbocycles. The van der Waals surface area contributed by atoms with Crippen LogP contribution in [0.1, 0.15) is 26.7 Å². The van der Waals surface area contributed by atoms with Crippen LogP contribution in [-0.2, 0) is 0 Å². The molecule has 0 spiro atoms. The second-order valence-corrected chi connectivity index (χ2v) is 6.53. The first-order valence-corrected chi connectivity index (χ1v) is 8.72. The van der Waals surface area contributed by atoms with Gasteiger partial charge in [0.25, 0.3) is 0 Å². The normalized spacial score (nSPS) is 13.2. The minimum absolute atomic E-state index is 0.142. The van der Waals surface area contributed by atoms with Gasteiger partial charge in [0, 0.05) is 9.15 Å². The molecule has 0 fully saturated rings. The molecule has 0 amide bonds. The summed E-state index contributed by atoms with van der Waals surface area (Å²) >= 11 is 0. The molecule has 1 aromatic rings. The number of benzene rings is 1. The van der Waals surface area contributed by atoms with Gasteiger partial charge in [0.2, 0.25) is 0 Å². The van der Waals surface area contributed by atoms with Crippen molar-refractivity contribution in [2.24, 2.45) is 10.00 Å². The van der Waals surface area contributed by atoms with Gasteiger partial charge in [-0.05, 0) is 0 Å². The van der Waals surface area contributed by atoms with E-state index >= 15 is 0 Å². The molecule has 1 aromatic carbocycles. The smallest absolute Gasteiger partial charge is 0 e. The SMILES string of the molecule is CCC(CC)Oc1cc(N(C)C)ccc1N=NP(F)(F)(F)F.FF. The van der Waals surface area contributed by atoms with Gasteiger partial charge in [-0.3, -0.25) is 0 Å². The number of halogens is 6. The molecule has 140 valence electrons. The van der Waals surface area contributed by atoms with Crippen molar-refractivity contribution in [3.8, 4) is 5.75 Å². The van der Waals surface area contributed by atoms with Crippen molar-refractivity contribution in [1.82, 2.24) is 0 Å². The number of ether oxygens (including phenoxy) is 1. The molecule has 0 aliphatic rings. The fourth-order valence-electron chi connectivity index (χ4n) is 1.71. The zero-order chi connectivity index (χ0) is 19.0. The largest absolute Gasteiger partial charge is 0 e. The van der Waals surface area contributed by atoms with Crippen LogP contribution in [0.4, 0.5) is 37.3 Å². The third kappa shape index (κ3) is 8.33. The molecule has 0 aliphatic heterocycles. The molecule has 1 rings (SSSR count). The summed E-state index contributed by atoms with van der Waals surface area (Å²) in [7, 11) is -4.45. The molecule has 0 atom stereocenters. The van der Waals surface area contributed by atoms with Gasteiger partial charge < -0.3 is 0 Å². The van der Waals surface area contributed by atoms with Gasteiger partial charge in [-0.2, -0.15) is 0 Å². The van der Waals surface area contributed by atoms with Crippen LogP contribution in [0, 0.1) is 0 Å². The van der Waals surface area contributed by atoms with Gasteiger partial charge in [-0.15, -0.1) is 0 Å². The average molecular weight is 379 g/mol. The van der Waals surface area contributed by atoms with Crippen LogP contribution in [0.3, 0.4) is 0 Å². The van der Waals surface area contributed by atoms with E-state index in [9.17, 15) is 16.8 Å². The monoisotopic (exact) mass is 379 g/mol. The zero-order valence-electron chi connectivity index (χ0n) is 13.7. The Bertz CT molecular complexity index is 537. The molecule has 0 aromatic heterocycles. The summed E-state index contributed by atoms with van der Waals surface area (Å²) in [5, 5.41) is 3.01. The molecule has 11 heteroatoms. The first kappa shape index (κ1) is 22.4. The molecular formula is C13H20F6N3OP. The van der Waals surface area contributed by atoms with E-state index in [-0.39, 0.29) is 17.5 Å². The molecule has 0 bridgehead atoms. The molecule has 0 saturated heterocycles. The quantitative estimate of drug-likeness (QED) is 0.284. The summed E-state index contributed by atoms with van der Waals surface area (Å²) < 4.78 is 70.9. The predicted molar refractivity (Wildman–Crippen MR) is 83.9 cm³/mol. The second kappa shape index (κ2) is 9.05. The van der Waals surface area contributed by atoms with Crippen LogP contribution in [0.2, 0.25) is 0 Å². The van der Waals surface area contributed by atoms with Gasteiger partial charge in [0.1, 0.15) is 0 Å². The topological polar surface area (TPSA) is 37.2 Å². The maximum Gasteiger partial charge on any atom is 0 e. The number of hydrogen-bond donors (Lipinski definition) is 0. The molecule has 0 N–H and O–H groups in total. The average Bonchev–Trinajstić information content (AvgIpc) is 2.51. The van der Waals surface area contributed by atoms with Crippen molar-refractivity contribution in [3.05, 3.63) is 18.2 Å². The van der Waals surface area contributed by atoms with Crippen LogP contribution in [0.5, 0.6) is 5.75 Å². The molecule has 0 heterocycles. The Balaban J connectivity index is 0.00000254. The van der Waals surface area contributed by atoms with E-state index in [0.717, 1.165) is 5.69 Å². The molecule has 4 nitrogen and oxygen atoms in total. The third-order valence-electron chi connectivity index (χ3n) is 2.95. The van der Waals surface area contributed by atoms with E-state index in [0.29, 0.717) is 12.8 Å². The Morgan fingerprint density at radius 2 is 1.62 bits per heavy atom. The van der Waals surface area contributed by atoms with Crippen molar-refractivity contribution < 1.29 is 30.7 Å². The van der Waals surface area contributed by atoms with Gasteiger partial charge in [0.05, 0.1) is 0 Å². The van der Waals surface area contributed by atoms with Gasteiger partial charge in [-0.25, -0.2) is 0 Å². The van der Waals surface area contributed by atoms with Crippen molar-refractivity contribution >= 4 is 19.4 Å². The second-order valence-electron chi connectivity index (χ2n) is 4.98. The maximum absolute atomic E-state index is 12.3. The van der Waals surface area contributed by atoms with Crippen molar-refractivity contribution in [1.29, 1.82) is 0 Å². The molecular weight excluding hydrogens is 359 g/mol.